The Morgan fingerprint density at radius 1 is 1.48 bits per heavy atom. The molecule has 8 nitrogen and oxygen atoms in total. The molecule has 0 amide bonds. The van der Waals surface area contributed by atoms with Gasteiger partial charge in [0, 0.05) is 5.02 Å². The van der Waals surface area contributed by atoms with Crippen molar-refractivity contribution in [3.05, 3.63) is 40.8 Å². The first-order chi connectivity index (χ1) is 9.81. The van der Waals surface area contributed by atoms with Crippen molar-refractivity contribution >= 4 is 27.6 Å². The Labute approximate surface area is 122 Å². The van der Waals surface area contributed by atoms with E-state index in [2.05, 4.69) is 14.7 Å². The standard InChI is InChI=1S/C10H7ClFN3O5S/c11-5-1-6(10(16)17)9(12)7(2-5)21(18,19)14-3-8-13-4-20-15-8/h1-2,4,14H,3H2,(H,16,17). The van der Waals surface area contributed by atoms with Crippen molar-refractivity contribution in [1.82, 2.24) is 14.9 Å². The molecule has 0 unspecified atom stereocenters. The maximum Gasteiger partial charge on any atom is 0.338 e. The smallest absolute Gasteiger partial charge is 0.338 e. The van der Waals surface area contributed by atoms with Gasteiger partial charge in [-0.1, -0.05) is 16.8 Å². The summed E-state index contributed by atoms with van der Waals surface area (Å²) in [6.45, 7) is -0.354. The van der Waals surface area contributed by atoms with Crippen LogP contribution in [0.1, 0.15) is 16.2 Å². The second-order valence-electron chi connectivity index (χ2n) is 3.74. The number of nitrogens with zero attached hydrogens (tertiary/aromatic N) is 2. The average Bonchev–Trinajstić information content (AvgIpc) is 2.91. The Bertz CT molecular complexity index is 778. The van der Waals surface area contributed by atoms with Gasteiger partial charge in [0.2, 0.25) is 16.4 Å². The molecule has 0 atom stereocenters. The predicted molar refractivity (Wildman–Crippen MR) is 66.7 cm³/mol. The van der Waals surface area contributed by atoms with Crippen LogP contribution in [0.4, 0.5) is 4.39 Å². The molecule has 0 aliphatic rings. The van der Waals surface area contributed by atoms with Crippen molar-refractivity contribution in [2.75, 3.05) is 0 Å². The average molecular weight is 336 g/mol. The first-order valence-electron chi connectivity index (χ1n) is 5.28. The summed E-state index contributed by atoms with van der Waals surface area (Å²) in [6, 6.07) is 1.62. The molecule has 1 heterocycles. The van der Waals surface area contributed by atoms with E-state index in [1.54, 1.807) is 0 Å². The third-order valence-electron chi connectivity index (χ3n) is 2.35. The Hall–Kier alpha value is -2.04. The Balaban J connectivity index is 2.37. The molecule has 2 rings (SSSR count). The normalized spacial score (nSPS) is 11.5. The lowest BCUT2D eigenvalue weighted by Crippen LogP contribution is -2.25. The SMILES string of the molecule is O=C(O)c1cc(Cl)cc(S(=O)(=O)NCc2ncon2)c1F. The Kier molecular flexibility index (Phi) is 4.21. The van der Waals surface area contributed by atoms with Gasteiger partial charge in [-0.3, -0.25) is 0 Å². The molecule has 112 valence electrons. The van der Waals surface area contributed by atoms with Crippen molar-refractivity contribution < 1.29 is 27.2 Å². The van der Waals surface area contributed by atoms with E-state index in [1.807, 2.05) is 4.72 Å². The van der Waals surface area contributed by atoms with Crippen LogP contribution in [0.15, 0.2) is 27.9 Å². The maximum atomic E-state index is 14.0. The summed E-state index contributed by atoms with van der Waals surface area (Å²) in [5, 5.41) is 12.0. The van der Waals surface area contributed by atoms with Gasteiger partial charge in [-0.25, -0.2) is 22.3 Å². The summed E-state index contributed by atoms with van der Waals surface area (Å²) in [5.74, 6) is -3.02. The van der Waals surface area contributed by atoms with E-state index in [0.717, 1.165) is 18.5 Å². The Morgan fingerprint density at radius 3 is 2.76 bits per heavy atom. The van der Waals surface area contributed by atoms with E-state index in [1.165, 1.54) is 0 Å². The number of aromatic nitrogens is 2. The molecule has 2 aromatic rings. The molecule has 11 heteroatoms. The van der Waals surface area contributed by atoms with Gasteiger partial charge in [-0.05, 0) is 12.1 Å². The summed E-state index contributed by atoms with van der Waals surface area (Å²) < 4.78 is 44.3. The number of sulfonamides is 1. The number of nitrogens with one attached hydrogen (secondary N) is 1. The topological polar surface area (TPSA) is 122 Å². The van der Waals surface area contributed by atoms with Crippen LogP contribution in [0.25, 0.3) is 0 Å². The van der Waals surface area contributed by atoms with E-state index >= 15 is 0 Å². The van der Waals surface area contributed by atoms with E-state index < -0.39 is 32.3 Å². The summed E-state index contributed by atoms with van der Waals surface area (Å²) in [5.41, 5.74) is -0.845. The molecule has 2 N–H and O–H groups in total. The van der Waals surface area contributed by atoms with Crippen molar-refractivity contribution in [3.63, 3.8) is 0 Å². The molecule has 21 heavy (non-hydrogen) atoms. The second-order valence-corrected chi connectivity index (χ2v) is 5.91. The van der Waals surface area contributed by atoms with Crippen LogP contribution in [0, 0.1) is 5.82 Å². The van der Waals surface area contributed by atoms with Gasteiger partial charge < -0.3 is 9.63 Å². The number of halogens is 2. The number of hydrogen-bond donors (Lipinski definition) is 2. The van der Waals surface area contributed by atoms with Crippen molar-refractivity contribution in [2.24, 2.45) is 0 Å². The molecule has 0 fully saturated rings. The first kappa shape index (κ1) is 15.4. The molecule has 1 aromatic heterocycles. The summed E-state index contributed by atoms with van der Waals surface area (Å²) in [6.07, 6.45) is 0.992. The summed E-state index contributed by atoms with van der Waals surface area (Å²) >= 11 is 5.61. The maximum absolute atomic E-state index is 14.0. The fourth-order valence-corrected chi connectivity index (χ4v) is 2.81. The van der Waals surface area contributed by atoms with Gasteiger partial charge in [0.25, 0.3) is 0 Å². The number of rotatable bonds is 5. The zero-order valence-electron chi connectivity index (χ0n) is 10.1. The zero-order chi connectivity index (χ0) is 15.6. The van der Waals surface area contributed by atoms with E-state index in [9.17, 15) is 17.6 Å². The molecule has 0 aliphatic carbocycles. The predicted octanol–water partition coefficient (Wildman–Crippen LogP) is 1.04. The fourth-order valence-electron chi connectivity index (χ4n) is 1.42. The molecule has 0 bridgehead atoms. The van der Waals surface area contributed by atoms with Crippen LogP contribution in [0.5, 0.6) is 0 Å². The van der Waals surface area contributed by atoms with E-state index in [4.69, 9.17) is 16.7 Å². The number of hydrogen-bond acceptors (Lipinski definition) is 6. The van der Waals surface area contributed by atoms with Crippen LogP contribution in [-0.4, -0.2) is 29.6 Å². The van der Waals surface area contributed by atoms with Crippen molar-refractivity contribution in [2.45, 2.75) is 11.4 Å². The summed E-state index contributed by atoms with van der Waals surface area (Å²) in [7, 11) is -4.34. The first-order valence-corrected chi connectivity index (χ1v) is 7.14. The molecule has 1 aromatic carbocycles. The molecule has 0 saturated carbocycles. The molecule has 0 spiro atoms. The van der Waals surface area contributed by atoms with Gasteiger partial charge in [0.1, 0.15) is 4.90 Å². The molecular formula is C10H7ClFN3O5S. The number of carbonyl (C=O) groups is 1. The van der Waals surface area contributed by atoms with Crippen LogP contribution >= 0.6 is 11.6 Å². The minimum Gasteiger partial charge on any atom is -0.478 e. The van der Waals surface area contributed by atoms with Crippen LogP contribution in [0.3, 0.4) is 0 Å². The Morgan fingerprint density at radius 2 is 2.19 bits per heavy atom. The molecular weight excluding hydrogens is 329 g/mol. The third-order valence-corrected chi connectivity index (χ3v) is 3.97. The molecule has 0 saturated heterocycles. The lowest BCUT2D eigenvalue weighted by atomic mass is 10.2. The minimum absolute atomic E-state index is 0.0273. The van der Waals surface area contributed by atoms with Crippen LogP contribution in [0.2, 0.25) is 5.02 Å². The van der Waals surface area contributed by atoms with Crippen LogP contribution in [-0.2, 0) is 16.6 Å². The third kappa shape index (κ3) is 3.35. The highest BCUT2D eigenvalue weighted by Crippen LogP contribution is 2.23. The van der Waals surface area contributed by atoms with Gasteiger partial charge >= 0.3 is 5.97 Å². The van der Waals surface area contributed by atoms with Crippen molar-refractivity contribution in [1.29, 1.82) is 0 Å². The van der Waals surface area contributed by atoms with E-state index in [0.29, 0.717) is 0 Å². The van der Waals surface area contributed by atoms with Crippen molar-refractivity contribution in [3.8, 4) is 0 Å². The number of aromatic carboxylic acids is 1. The number of benzene rings is 1. The molecule has 0 aliphatic heterocycles. The van der Waals surface area contributed by atoms with Gasteiger partial charge in [0.15, 0.2) is 11.6 Å². The number of carboxylic acids is 1. The largest absolute Gasteiger partial charge is 0.478 e. The van der Waals surface area contributed by atoms with Crippen LogP contribution < -0.4 is 4.72 Å². The lowest BCUT2D eigenvalue weighted by Gasteiger charge is -2.08. The monoisotopic (exact) mass is 335 g/mol. The molecule has 0 radical (unpaired) electrons. The highest BCUT2D eigenvalue weighted by Gasteiger charge is 2.25. The zero-order valence-corrected chi connectivity index (χ0v) is 11.7. The summed E-state index contributed by atoms with van der Waals surface area (Å²) in [4.78, 5) is 13.6. The van der Waals surface area contributed by atoms with Gasteiger partial charge in [-0.2, -0.15) is 4.98 Å². The van der Waals surface area contributed by atoms with Gasteiger partial charge in [0.05, 0.1) is 12.1 Å². The highest BCUT2D eigenvalue weighted by atomic mass is 35.5. The minimum atomic E-state index is -4.34. The fraction of sp³-hybridized carbons (Fsp3) is 0.100. The lowest BCUT2D eigenvalue weighted by molar-refractivity contribution is 0.0691. The van der Waals surface area contributed by atoms with E-state index in [-0.39, 0.29) is 17.4 Å². The quantitative estimate of drug-likeness (QED) is 0.836. The van der Waals surface area contributed by atoms with Gasteiger partial charge in [-0.15, -0.1) is 0 Å². The highest BCUT2D eigenvalue weighted by molar-refractivity contribution is 7.89. The number of carboxylic acid groups (broad SMARTS) is 1. The second kappa shape index (κ2) is 5.76.